The van der Waals surface area contributed by atoms with Gasteiger partial charge in [0, 0.05) is 26.6 Å². The molecule has 0 fully saturated rings. The van der Waals surface area contributed by atoms with Gasteiger partial charge in [-0.15, -0.1) is 11.3 Å². The number of amides is 2. The number of nitrogens with zero attached hydrogens (tertiary/aromatic N) is 1. The van der Waals surface area contributed by atoms with E-state index in [1.54, 1.807) is 73.2 Å². The number of thiophene rings is 1. The van der Waals surface area contributed by atoms with Crippen LogP contribution in [-0.2, 0) is 0 Å². The highest BCUT2D eigenvalue weighted by molar-refractivity contribution is 7.13. The van der Waals surface area contributed by atoms with Crippen molar-refractivity contribution in [1.82, 2.24) is 5.43 Å². The van der Waals surface area contributed by atoms with Crippen molar-refractivity contribution in [2.24, 2.45) is 5.10 Å². The first-order valence-corrected chi connectivity index (χ1v) is 9.32. The van der Waals surface area contributed by atoms with Crippen molar-refractivity contribution in [1.29, 1.82) is 0 Å². The van der Waals surface area contributed by atoms with Crippen molar-refractivity contribution >= 4 is 35.1 Å². The van der Waals surface area contributed by atoms with Crippen LogP contribution in [0.5, 0.6) is 5.75 Å². The molecule has 0 aliphatic carbocycles. The largest absolute Gasteiger partial charge is 0.497 e. The summed E-state index contributed by atoms with van der Waals surface area (Å²) in [7, 11) is 1.57. The van der Waals surface area contributed by atoms with E-state index < -0.39 is 0 Å². The number of anilines is 1. The predicted molar refractivity (Wildman–Crippen MR) is 112 cm³/mol. The highest BCUT2D eigenvalue weighted by atomic mass is 32.1. The number of hydrogen-bond donors (Lipinski definition) is 2. The molecule has 0 atom stereocenters. The van der Waals surface area contributed by atoms with Gasteiger partial charge in [-0.05, 0) is 61.5 Å². The van der Waals surface area contributed by atoms with Crippen molar-refractivity contribution in [3.8, 4) is 5.75 Å². The molecule has 6 nitrogen and oxygen atoms in total. The second kappa shape index (κ2) is 8.96. The number of carbonyl (C=O) groups is 2. The maximum atomic E-state index is 12.4. The summed E-state index contributed by atoms with van der Waals surface area (Å²) in [5, 5.41) is 6.75. The SMILES string of the molecule is COc1ccc(C(=O)Nc2cccc(C(=O)N/N=C\c3ccc(C)s3)c2)cc1. The minimum absolute atomic E-state index is 0.272. The third-order valence-corrected chi connectivity index (χ3v) is 4.79. The average molecular weight is 393 g/mol. The van der Waals surface area contributed by atoms with Gasteiger partial charge in [-0.3, -0.25) is 9.59 Å². The van der Waals surface area contributed by atoms with Crippen molar-refractivity contribution in [3.05, 3.63) is 81.5 Å². The number of nitrogens with one attached hydrogen (secondary N) is 2. The maximum Gasteiger partial charge on any atom is 0.271 e. The van der Waals surface area contributed by atoms with E-state index in [4.69, 9.17) is 4.74 Å². The van der Waals surface area contributed by atoms with Crippen LogP contribution in [0.2, 0.25) is 0 Å². The minimum atomic E-state index is -0.356. The molecular weight excluding hydrogens is 374 g/mol. The molecule has 0 aliphatic rings. The zero-order valence-corrected chi connectivity index (χ0v) is 16.2. The summed E-state index contributed by atoms with van der Waals surface area (Å²) in [4.78, 5) is 26.8. The predicted octanol–water partition coefficient (Wildman–Crippen LogP) is 4.08. The van der Waals surface area contributed by atoms with E-state index in [1.165, 1.54) is 4.88 Å². The molecule has 0 aliphatic heterocycles. The average Bonchev–Trinajstić information content (AvgIpc) is 3.13. The third-order valence-electron chi connectivity index (χ3n) is 3.85. The number of carbonyl (C=O) groups excluding carboxylic acids is 2. The summed E-state index contributed by atoms with van der Waals surface area (Å²) in [6.07, 6.45) is 1.60. The summed E-state index contributed by atoms with van der Waals surface area (Å²) in [5.74, 6) is 0.0462. The number of methoxy groups -OCH3 is 1. The lowest BCUT2D eigenvalue weighted by molar-refractivity contribution is 0.0953. The molecule has 3 rings (SSSR count). The van der Waals surface area contributed by atoms with E-state index in [0.29, 0.717) is 22.6 Å². The van der Waals surface area contributed by atoms with Gasteiger partial charge in [0.25, 0.3) is 11.8 Å². The fourth-order valence-corrected chi connectivity index (χ4v) is 3.18. The van der Waals surface area contributed by atoms with Crippen molar-refractivity contribution in [2.75, 3.05) is 12.4 Å². The van der Waals surface area contributed by atoms with E-state index in [2.05, 4.69) is 15.8 Å². The lowest BCUT2D eigenvalue weighted by atomic mass is 10.1. The van der Waals surface area contributed by atoms with Crippen molar-refractivity contribution in [3.63, 3.8) is 0 Å². The summed E-state index contributed by atoms with van der Waals surface area (Å²) in [6.45, 7) is 2.01. The fourth-order valence-electron chi connectivity index (χ4n) is 2.43. The molecule has 0 saturated heterocycles. The van der Waals surface area contributed by atoms with Crippen LogP contribution in [0.1, 0.15) is 30.5 Å². The van der Waals surface area contributed by atoms with Gasteiger partial charge >= 0.3 is 0 Å². The van der Waals surface area contributed by atoms with E-state index in [0.717, 1.165) is 4.88 Å². The lowest BCUT2D eigenvalue weighted by Crippen LogP contribution is -2.18. The van der Waals surface area contributed by atoms with Crippen LogP contribution < -0.4 is 15.5 Å². The van der Waals surface area contributed by atoms with E-state index >= 15 is 0 Å². The molecule has 28 heavy (non-hydrogen) atoms. The molecule has 0 spiro atoms. The van der Waals surface area contributed by atoms with Gasteiger partial charge in [-0.2, -0.15) is 5.10 Å². The Morgan fingerprint density at radius 3 is 2.46 bits per heavy atom. The van der Waals surface area contributed by atoms with Crippen LogP contribution in [0.15, 0.2) is 65.8 Å². The van der Waals surface area contributed by atoms with Gasteiger partial charge in [-0.1, -0.05) is 6.07 Å². The quantitative estimate of drug-likeness (QED) is 0.489. The van der Waals surface area contributed by atoms with Crippen LogP contribution in [-0.4, -0.2) is 25.1 Å². The number of hydrazone groups is 1. The Bertz CT molecular complexity index is 1010. The Hall–Kier alpha value is -3.45. The Morgan fingerprint density at radius 1 is 1.00 bits per heavy atom. The first kappa shape index (κ1) is 19.3. The molecule has 2 aromatic carbocycles. The number of hydrogen-bond acceptors (Lipinski definition) is 5. The summed E-state index contributed by atoms with van der Waals surface area (Å²) >= 11 is 1.59. The van der Waals surface area contributed by atoms with Gasteiger partial charge in [0.1, 0.15) is 5.75 Å². The van der Waals surface area contributed by atoms with Gasteiger partial charge in [0.05, 0.1) is 13.3 Å². The molecule has 7 heteroatoms. The standard InChI is InChI=1S/C21H19N3O3S/c1-14-6-11-19(28-14)13-22-24-21(26)16-4-3-5-17(12-16)23-20(25)15-7-9-18(27-2)10-8-15/h3-13H,1-2H3,(H,23,25)(H,24,26)/b22-13-. The number of benzene rings is 2. The van der Waals surface area contributed by atoms with Crippen LogP contribution in [0, 0.1) is 6.92 Å². The molecule has 142 valence electrons. The summed E-state index contributed by atoms with van der Waals surface area (Å²) in [5.41, 5.74) is 3.90. The maximum absolute atomic E-state index is 12.4. The number of rotatable bonds is 6. The van der Waals surface area contributed by atoms with E-state index in [-0.39, 0.29) is 11.8 Å². The topological polar surface area (TPSA) is 79.8 Å². The zero-order chi connectivity index (χ0) is 19.9. The Balaban J connectivity index is 1.63. The van der Waals surface area contributed by atoms with E-state index in [9.17, 15) is 9.59 Å². The van der Waals surface area contributed by atoms with Crippen molar-refractivity contribution < 1.29 is 14.3 Å². The Morgan fingerprint density at radius 2 is 1.79 bits per heavy atom. The first-order chi connectivity index (χ1) is 13.5. The molecule has 2 amide bonds. The number of aryl methyl sites for hydroxylation is 1. The van der Waals surface area contributed by atoms with Crippen molar-refractivity contribution in [2.45, 2.75) is 6.92 Å². The Kier molecular flexibility index (Phi) is 6.18. The smallest absolute Gasteiger partial charge is 0.271 e. The molecule has 0 bridgehead atoms. The van der Waals surface area contributed by atoms with Gasteiger partial charge in [0.15, 0.2) is 0 Å². The summed E-state index contributed by atoms with van der Waals surface area (Å²) in [6, 6.07) is 17.4. The first-order valence-electron chi connectivity index (χ1n) is 8.50. The normalized spacial score (nSPS) is 10.6. The molecule has 1 aromatic heterocycles. The zero-order valence-electron chi connectivity index (χ0n) is 15.4. The molecule has 0 radical (unpaired) electrons. The van der Waals surface area contributed by atoms with Crippen LogP contribution in [0.4, 0.5) is 5.69 Å². The highest BCUT2D eigenvalue weighted by Crippen LogP contribution is 2.15. The van der Waals surface area contributed by atoms with Gasteiger partial charge < -0.3 is 10.1 Å². The van der Waals surface area contributed by atoms with Crippen LogP contribution >= 0.6 is 11.3 Å². The molecular formula is C21H19N3O3S. The molecule has 0 unspecified atom stereocenters. The second-order valence-electron chi connectivity index (χ2n) is 5.91. The number of ether oxygens (including phenoxy) is 1. The van der Waals surface area contributed by atoms with E-state index in [1.807, 2.05) is 19.1 Å². The van der Waals surface area contributed by atoms with Crippen LogP contribution in [0.3, 0.4) is 0 Å². The minimum Gasteiger partial charge on any atom is -0.497 e. The molecule has 3 aromatic rings. The Labute approximate surface area is 166 Å². The monoisotopic (exact) mass is 393 g/mol. The molecule has 0 saturated carbocycles. The van der Waals surface area contributed by atoms with Crippen LogP contribution in [0.25, 0.3) is 0 Å². The summed E-state index contributed by atoms with van der Waals surface area (Å²) < 4.78 is 5.08. The third kappa shape index (κ3) is 5.05. The fraction of sp³-hybridized carbons (Fsp3) is 0.0952. The second-order valence-corrected chi connectivity index (χ2v) is 7.23. The molecule has 1 heterocycles. The molecule has 2 N–H and O–H groups in total. The van der Waals surface area contributed by atoms with Gasteiger partial charge in [-0.25, -0.2) is 5.43 Å². The highest BCUT2D eigenvalue weighted by Gasteiger charge is 2.09. The lowest BCUT2D eigenvalue weighted by Gasteiger charge is -2.07. The van der Waals surface area contributed by atoms with Gasteiger partial charge in [0.2, 0.25) is 0 Å².